The molecule has 0 aliphatic heterocycles. The minimum Gasteiger partial charge on any atom is -0.481 e. The molecule has 1 amide bonds. The molecule has 1 unspecified atom stereocenters. The summed E-state index contributed by atoms with van der Waals surface area (Å²) in [5, 5.41) is 11.7. The van der Waals surface area contributed by atoms with Crippen LogP contribution in [0.5, 0.6) is 0 Å². The van der Waals surface area contributed by atoms with Crippen LogP contribution in [0.15, 0.2) is 0 Å². The smallest absolute Gasteiger partial charge is 0.308 e. The van der Waals surface area contributed by atoms with Crippen LogP contribution in [-0.2, 0) is 9.59 Å². The van der Waals surface area contributed by atoms with Crippen LogP contribution in [0.2, 0.25) is 0 Å². The highest BCUT2D eigenvalue weighted by molar-refractivity contribution is 5.86. The monoisotopic (exact) mass is 258 g/mol. The Balaban J connectivity index is 4.44. The van der Waals surface area contributed by atoms with Gasteiger partial charge in [-0.25, -0.2) is 0 Å². The zero-order chi connectivity index (χ0) is 14.3. The van der Waals surface area contributed by atoms with Gasteiger partial charge in [0, 0.05) is 6.54 Å². The predicted octanol–water partition coefficient (Wildman–Crippen LogP) is 1.37. The van der Waals surface area contributed by atoms with E-state index in [1.807, 2.05) is 27.7 Å². The number of rotatable bonds is 8. The fourth-order valence-electron chi connectivity index (χ4n) is 1.80. The molecule has 0 aromatic carbocycles. The summed E-state index contributed by atoms with van der Waals surface area (Å²) in [6.07, 6.45) is 1.62. The van der Waals surface area contributed by atoms with Crippen LogP contribution >= 0.6 is 0 Å². The fraction of sp³-hybridized carbons (Fsp3) is 0.846. The topological polar surface area (TPSA) is 92.4 Å². The Kier molecular flexibility index (Phi) is 6.91. The van der Waals surface area contributed by atoms with E-state index in [4.69, 9.17) is 10.8 Å². The van der Waals surface area contributed by atoms with E-state index in [9.17, 15) is 9.59 Å². The van der Waals surface area contributed by atoms with Gasteiger partial charge in [0.1, 0.15) is 0 Å². The van der Waals surface area contributed by atoms with Gasteiger partial charge in [-0.2, -0.15) is 0 Å². The summed E-state index contributed by atoms with van der Waals surface area (Å²) in [5.74, 6) is -1.41. The van der Waals surface area contributed by atoms with E-state index >= 15 is 0 Å². The molecule has 0 heterocycles. The van der Waals surface area contributed by atoms with Gasteiger partial charge in [0.25, 0.3) is 0 Å². The second-order valence-corrected chi connectivity index (χ2v) is 5.24. The van der Waals surface area contributed by atoms with E-state index in [2.05, 4.69) is 5.32 Å². The van der Waals surface area contributed by atoms with Crippen LogP contribution in [0, 0.1) is 11.8 Å². The molecule has 4 N–H and O–H groups in total. The molecule has 0 bridgehead atoms. The third-order valence-corrected chi connectivity index (χ3v) is 3.33. The third kappa shape index (κ3) is 5.04. The van der Waals surface area contributed by atoms with Crippen molar-refractivity contribution < 1.29 is 14.7 Å². The summed E-state index contributed by atoms with van der Waals surface area (Å²) in [6.45, 7) is 7.77. The van der Waals surface area contributed by atoms with Crippen molar-refractivity contribution in [2.45, 2.75) is 52.5 Å². The average molecular weight is 258 g/mol. The highest BCUT2D eigenvalue weighted by Crippen LogP contribution is 2.14. The van der Waals surface area contributed by atoms with Crippen molar-refractivity contribution in [2.75, 3.05) is 6.54 Å². The van der Waals surface area contributed by atoms with Crippen molar-refractivity contribution in [3.05, 3.63) is 0 Å². The van der Waals surface area contributed by atoms with E-state index < -0.39 is 17.4 Å². The van der Waals surface area contributed by atoms with Gasteiger partial charge in [0.15, 0.2) is 0 Å². The van der Waals surface area contributed by atoms with Crippen LogP contribution in [0.4, 0.5) is 0 Å². The van der Waals surface area contributed by atoms with Crippen molar-refractivity contribution in [3.8, 4) is 0 Å². The number of carbonyl (C=O) groups excluding carboxylic acids is 1. The molecular formula is C13H26N2O3. The second-order valence-electron chi connectivity index (χ2n) is 5.24. The number of hydrogen-bond acceptors (Lipinski definition) is 3. The number of nitrogens with two attached hydrogens (primary N) is 1. The molecular weight excluding hydrogens is 232 g/mol. The molecule has 18 heavy (non-hydrogen) atoms. The summed E-state index contributed by atoms with van der Waals surface area (Å²) in [5.41, 5.74) is 5.06. The number of hydrogen-bond donors (Lipinski definition) is 3. The van der Waals surface area contributed by atoms with Crippen molar-refractivity contribution in [3.63, 3.8) is 0 Å². The molecule has 0 saturated heterocycles. The highest BCUT2D eigenvalue weighted by atomic mass is 16.4. The Hall–Kier alpha value is -1.10. The Morgan fingerprint density at radius 1 is 1.28 bits per heavy atom. The SMILES string of the molecule is CCC(N)(CC)C(=O)NCC(CC(C)C)C(=O)O. The van der Waals surface area contributed by atoms with Gasteiger partial charge in [-0.3, -0.25) is 9.59 Å². The first kappa shape index (κ1) is 16.9. The summed E-state index contributed by atoms with van der Waals surface area (Å²) in [4.78, 5) is 23.0. The highest BCUT2D eigenvalue weighted by Gasteiger charge is 2.30. The minimum absolute atomic E-state index is 0.144. The van der Waals surface area contributed by atoms with Crippen LogP contribution in [0.25, 0.3) is 0 Å². The maximum atomic E-state index is 11.9. The van der Waals surface area contributed by atoms with Crippen LogP contribution in [0.1, 0.15) is 47.0 Å². The average Bonchev–Trinajstić information content (AvgIpc) is 2.32. The van der Waals surface area contributed by atoms with Gasteiger partial charge in [-0.1, -0.05) is 27.7 Å². The lowest BCUT2D eigenvalue weighted by molar-refractivity contribution is -0.142. The normalized spacial score (nSPS) is 13.4. The molecule has 0 radical (unpaired) electrons. The minimum atomic E-state index is -0.888. The molecule has 5 heteroatoms. The van der Waals surface area contributed by atoms with Gasteiger partial charge in [0.05, 0.1) is 11.5 Å². The van der Waals surface area contributed by atoms with Gasteiger partial charge < -0.3 is 16.2 Å². The molecule has 0 aliphatic rings. The third-order valence-electron chi connectivity index (χ3n) is 3.33. The first-order chi connectivity index (χ1) is 8.26. The number of amides is 1. The molecule has 0 spiro atoms. The summed E-state index contributed by atoms with van der Waals surface area (Å²) in [7, 11) is 0. The molecule has 1 atom stereocenters. The molecule has 5 nitrogen and oxygen atoms in total. The van der Waals surface area contributed by atoms with Gasteiger partial charge in [-0.05, 0) is 25.2 Å². The Morgan fingerprint density at radius 3 is 2.11 bits per heavy atom. The maximum absolute atomic E-state index is 11.9. The van der Waals surface area contributed by atoms with E-state index in [0.29, 0.717) is 19.3 Å². The lowest BCUT2D eigenvalue weighted by atomic mass is 9.92. The number of nitrogens with one attached hydrogen (secondary N) is 1. The predicted molar refractivity (Wildman–Crippen MR) is 71.1 cm³/mol. The van der Waals surface area contributed by atoms with Crippen molar-refractivity contribution >= 4 is 11.9 Å². The van der Waals surface area contributed by atoms with E-state index in [1.165, 1.54) is 0 Å². The Morgan fingerprint density at radius 2 is 1.78 bits per heavy atom. The van der Waals surface area contributed by atoms with Crippen molar-refractivity contribution in [2.24, 2.45) is 17.6 Å². The number of carbonyl (C=O) groups is 2. The van der Waals surface area contributed by atoms with E-state index in [-0.39, 0.29) is 18.4 Å². The largest absolute Gasteiger partial charge is 0.481 e. The lowest BCUT2D eigenvalue weighted by Gasteiger charge is -2.26. The summed E-state index contributed by atoms with van der Waals surface area (Å²) < 4.78 is 0. The summed E-state index contributed by atoms with van der Waals surface area (Å²) in [6, 6.07) is 0. The zero-order valence-electron chi connectivity index (χ0n) is 11.8. The fourth-order valence-corrected chi connectivity index (χ4v) is 1.80. The maximum Gasteiger partial charge on any atom is 0.308 e. The van der Waals surface area contributed by atoms with Gasteiger partial charge in [-0.15, -0.1) is 0 Å². The molecule has 106 valence electrons. The number of aliphatic carboxylic acids is 1. The molecule has 0 rings (SSSR count). The Labute approximate surface area is 109 Å². The van der Waals surface area contributed by atoms with Crippen LogP contribution < -0.4 is 11.1 Å². The van der Waals surface area contributed by atoms with Gasteiger partial charge in [0.2, 0.25) is 5.91 Å². The van der Waals surface area contributed by atoms with Crippen molar-refractivity contribution in [1.29, 1.82) is 0 Å². The lowest BCUT2D eigenvalue weighted by Crippen LogP contribution is -2.54. The number of carboxylic acid groups (broad SMARTS) is 1. The van der Waals surface area contributed by atoms with Crippen LogP contribution in [0.3, 0.4) is 0 Å². The quantitative estimate of drug-likeness (QED) is 0.613. The first-order valence-electron chi connectivity index (χ1n) is 6.56. The standard InChI is InChI=1S/C13H26N2O3/c1-5-13(14,6-2)12(18)15-8-10(11(16)17)7-9(3)4/h9-10H,5-8,14H2,1-4H3,(H,15,18)(H,16,17). The Bertz CT molecular complexity index is 286. The van der Waals surface area contributed by atoms with Crippen LogP contribution in [-0.4, -0.2) is 29.1 Å². The van der Waals surface area contributed by atoms with E-state index in [0.717, 1.165) is 0 Å². The zero-order valence-corrected chi connectivity index (χ0v) is 11.8. The van der Waals surface area contributed by atoms with E-state index in [1.54, 1.807) is 0 Å². The summed E-state index contributed by atoms with van der Waals surface area (Å²) >= 11 is 0. The molecule has 0 aromatic heterocycles. The molecule has 0 aromatic rings. The first-order valence-corrected chi connectivity index (χ1v) is 6.56. The molecule has 0 fully saturated rings. The molecule has 0 saturated carbocycles. The number of carboxylic acids is 1. The molecule has 0 aliphatic carbocycles. The van der Waals surface area contributed by atoms with Crippen molar-refractivity contribution in [1.82, 2.24) is 5.32 Å². The van der Waals surface area contributed by atoms with Gasteiger partial charge >= 0.3 is 5.97 Å². The second kappa shape index (κ2) is 7.36.